The van der Waals surface area contributed by atoms with E-state index >= 15 is 0 Å². The van der Waals surface area contributed by atoms with Crippen LogP contribution in [0.2, 0.25) is 0 Å². The second-order valence-corrected chi connectivity index (χ2v) is 11.8. The highest BCUT2D eigenvalue weighted by molar-refractivity contribution is 6.12. The third kappa shape index (κ3) is 7.16. The monoisotopic (exact) mass is 659 g/mol. The number of aryl methyl sites for hydroxylation is 3. The maximum Gasteiger partial charge on any atom is 0.291 e. The summed E-state index contributed by atoms with van der Waals surface area (Å²) in [4.78, 5) is 39.6. The molecule has 0 saturated carbocycles. The summed E-state index contributed by atoms with van der Waals surface area (Å²) >= 11 is 0. The van der Waals surface area contributed by atoms with Crippen molar-refractivity contribution in [1.82, 2.24) is 15.1 Å². The molecule has 0 atom stereocenters. The van der Waals surface area contributed by atoms with Crippen molar-refractivity contribution >= 4 is 45.1 Å². The number of anilines is 2. The molecule has 2 amide bonds. The predicted octanol–water partition coefficient (Wildman–Crippen LogP) is 6.15. The van der Waals surface area contributed by atoms with Gasteiger partial charge in [0.15, 0.2) is 22.7 Å². The van der Waals surface area contributed by atoms with Gasteiger partial charge in [0.05, 0.1) is 42.1 Å². The van der Waals surface area contributed by atoms with Crippen molar-refractivity contribution in [1.29, 1.82) is 0 Å². The van der Waals surface area contributed by atoms with E-state index in [9.17, 15) is 14.4 Å². The molecule has 11 nitrogen and oxygen atoms in total. The van der Waals surface area contributed by atoms with Gasteiger partial charge in [-0.25, -0.2) is 0 Å². The molecule has 0 radical (unpaired) electrons. The van der Waals surface area contributed by atoms with Gasteiger partial charge in [0, 0.05) is 36.8 Å². The van der Waals surface area contributed by atoms with Crippen LogP contribution in [0, 0.1) is 13.8 Å². The van der Waals surface area contributed by atoms with Crippen molar-refractivity contribution in [3.63, 3.8) is 0 Å². The fourth-order valence-corrected chi connectivity index (χ4v) is 5.75. The number of amides is 2. The van der Waals surface area contributed by atoms with Gasteiger partial charge in [0.1, 0.15) is 5.58 Å². The van der Waals surface area contributed by atoms with Gasteiger partial charge >= 0.3 is 0 Å². The summed E-state index contributed by atoms with van der Waals surface area (Å²) in [5.74, 6) is -0.780. The van der Waals surface area contributed by atoms with Crippen LogP contribution in [0.4, 0.5) is 11.4 Å². The van der Waals surface area contributed by atoms with E-state index < -0.39 is 11.8 Å². The fraction of sp³-hybridized carbons (Fsp3) is 0.211. The SMILES string of the molecule is COc1cc(NC(=O)c2cc(=O)c3cc(C)ccc3o2)c(C(=O)Nc2ccc(CCNCc3ccc4c(c3)c(C)nn4C)cc2)cc1OC. The molecule has 0 spiro atoms. The molecular weight excluding hydrogens is 622 g/mol. The number of hydrogen-bond acceptors (Lipinski definition) is 8. The Kier molecular flexibility index (Phi) is 9.45. The van der Waals surface area contributed by atoms with Crippen LogP contribution in [0.3, 0.4) is 0 Å². The number of rotatable bonds is 11. The molecule has 49 heavy (non-hydrogen) atoms. The second kappa shape index (κ2) is 14.0. The van der Waals surface area contributed by atoms with Gasteiger partial charge in [-0.3, -0.25) is 19.1 Å². The third-order valence-electron chi connectivity index (χ3n) is 8.35. The van der Waals surface area contributed by atoms with E-state index in [0.29, 0.717) is 22.6 Å². The summed E-state index contributed by atoms with van der Waals surface area (Å²) in [5.41, 5.74) is 6.11. The molecular formula is C38H37N5O6. The molecule has 250 valence electrons. The van der Waals surface area contributed by atoms with E-state index in [0.717, 1.165) is 53.3 Å². The van der Waals surface area contributed by atoms with Gasteiger partial charge in [0.25, 0.3) is 11.8 Å². The van der Waals surface area contributed by atoms with Crippen LogP contribution < -0.4 is 30.9 Å². The topological polar surface area (TPSA) is 137 Å². The Balaban J connectivity index is 1.12. The summed E-state index contributed by atoms with van der Waals surface area (Å²) in [7, 11) is 4.86. The first-order valence-corrected chi connectivity index (χ1v) is 15.8. The number of hydrogen-bond donors (Lipinski definition) is 3. The third-order valence-corrected chi connectivity index (χ3v) is 8.35. The Morgan fingerprint density at radius 3 is 2.31 bits per heavy atom. The quantitative estimate of drug-likeness (QED) is 0.141. The van der Waals surface area contributed by atoms with Crippen molar-refractivity contribution in [2.24, 2.45) is 7.05 Å². The average molecular weight is 660 g/mol. The largest absolute Gasteiger partial charge is 0.493 e. The normalized spacial score (nSPS) is 11.1. The number of carbonyl (C=O) groups is 2. The molecule has 0 unspecified atom stereocenters. The number of nitrogens with one attached hydrogen (secondary N) is 3. The van der Waals surface area contributed by atoms with E-state index in [1.54, 1.807) is 18.2 Å². The molecule has 0 aliphatic rings. The average Bonchev–Trinajstić information content (AvgIpc) is 3.39. The number of aromatic nitrogens is 2. The number of benzene rings is 4. The molecule has 3 N–H and O–H groups in total. The van der Waals surface area contributed by atoms with Crippen molar-refractivity contribution in [2.75, 3.05) is 31.4 Å². The smallest absolute Gasteiger partial charge is 0.291 e. The van der Waals surface area contributed by atoms with Crippen molar-refractivity contribution in [2.45, 2.75) is 26.8 Å². The van der Waals surface area contributed by atoms with Gasteiger partial charge in [-0.05, 0) is 80.4 Å². The highest BCUT2D eigenvalue weighted by Crippen LogP contribution is 2.34. The van der Waals surface area contributed by atoms with Crippen LogP contribution in [0.25, 0.3) is 21.9 Å². The number of ether oxygens (including phenoxy) is 2. The Morgan fingerprint density at radius 2 is 1.55 bits per heavy atom. The Labute approximate surface area is 282 Å². The molecule has 6 rings (SSSR count). The minimum Gasteiger partial charge on any atom is -0.493 e. The Bertz CT molecular complexity index is 2250. The maximum absolute atomic E-state index is 13.6. The number of methoxy groups -OCH3 is 2. The number of fused-ring (bicyclic) bond motifs is 2. The van der Waals surface area contributed by atoms with E-state index in [1.807, 2.05) is 49.8 Å². The van der Waals surface area contributed by atoms with Gasteiger partial charge in [0.2, 0.25) is 0 Å². The lowest BCUT2D eigenvalue weighted by Crippen LogP contribution is -2.20. The lowest BCUT2D eigenvalue weighted by atomic mass is 10.1. The van der Waals surface area contributed by atoms with Crippen LogP contribution in [0.1, 0.15) is 43.3 Å². The van der Waals surface area contributed by atoms with Crippen LogP contribution in [-0.4, -0.2) is 42.4 Å². The summed E-state index contributed by atoms with van der Waals surface area (Å²) in [6, 6.07) is 23.2. The highest BCUT2D eigenvalue weighted by atomic mass is 16.5. The molecule has 2 heterocycles. The zero-order valence-corrected chi connectivity index (χ0v) is 28.0. The summed E-state index contributed by atoms with van der Waals surface area (Å²) in [6.45, 7) is 5.41. The zero-order chi connectivity index (χ0) is 34.7. The van der Waals surface area contributed by atoms with E-state index in [2.05, 4.69) is 39.2 Å². The zero-order valence-electron chi connectivity index (χ0n) is 28.0. The molecule has 0 fully saturated rings. The van der Waals surface area contributed by atoms with Gasteiger partial charge in [-0.2, -0.15) is 5.10 Å². The van der Waals surface area contributed by atoms with Gasteiger partial charge in [-0.1, -0.05) is 29.8 Å². The van der Waals surface area contributed by atoms with E-state index in [-0.39, 0.29) is 28.0 Å². The van der Waals surface area contributed by atoms with E-state index in [1.165, 1.54) is 31.9 Å². The summed E-state index contributed by atoms with van der Waals surface area (Å²) < 4.78 is 18.5. The first kappa shape index (κ1) is 33.0. The maximum atomic E-state index is 13.6. The van der Waals surface area contributed by atoms with E-state index in [4.69, 9.17) is 13.9 Å². The molecule has 0 bridgehead atoms. The molecule has 11 heteroatoms. The Morgan fingerprint density at radius 1 is 0.816 bits per heavy atom. The predicted molar refractivity (Wildman–Crippen MR) is 190 cm³/mol. The van der Waals surface area contributed by atoms with Crippen molar-refractivity contribution < 1.29 is 23.5 Å². The second-order valence-electron chi connectivity index (χ2n) is 11.8. The number of carbonyl (C=O) groups excluding carboxylic acids is 2. The molecule has 0 aliphatic carbocycles. The minimum atomic E-state index is -0.702. The first-order valence-electron chi connectivity index (χ1n) is 15.8. The molecule has 4 aromatic carbocycles. The van der Waals surface area contributed by atoms with Crippen molar-refractivity contribution in [3.8, 4) is 11.5 Å². The Hall–Kier alpha value is -5.94. The van der Waals surface area contributed by atoms with Crippen molar-refractivity contribution in [3.05, 3.63) is 123 Å². The summed E-state index contributed by atoms with van der Waals surface area (Å²) in [6.07, 6.45) is 0.804. The lowest BCUT2D eigenvalue weighted by molar-refractivity contribution is 0.0997. The van der Waals surface area contributed by atoms with Crippen LogP contribution in [0.15, 0.2) is 88.1 Å². The van der Waals surface area contributed by atoms with Crippen LogP contribution >= 0.6 is 0 Å². The standard InChI is InChI=1S/C38H37N5O6/c1-22-6-13-33-29(16-22)32(44)20-36(49-33)38(46)41-30-19-35(48-5)34(47-4)18-28(30)37(45)40-26-10-7-24(8-11-26)14-15-39-21-25-9-12-31-27(17-25)23(2)42-43(31)3/h6-13,16-20,39H,14-15,21H2,1-5H3,(H,40,45)(H,41,46). The molecule has 6 aromatic rings. The first-order chi connectivity index (χ1) is 23.6. The fourth-order valence-electron chi connectivity index (χ4n) is 5.75. The lowest BCUT2D eigenvalue weighted by Gasteiger charge is -2.16. The highest BCUT2D eigenvalue weighted by Gasteiger charge is 2.21. The van der Waals surface area contributed by atoms with Crippen LogP contribution in [-0.2, 0) is 20.0 Å². The summed E-state index contributed by atoms with van der Waals surface area (Å²) in [5, 5.41) is 15.1. The van der Waals surface area contributed by atoms with Gasteiger partial charge < -0.3 is 29.8 Å². The molecule has 2 aromatic heterocycles. The molecule has 0 saturated heterocycles. The number of nitrogens with zero attached hydrogens (tertiary/aromatic N) is 2. The van der Waals surface area contributed by atoms with Gasteiger partial charge in [-0.15, -0.1) is 0 Å². The van der Waals surface area contributed by atoms with Crippen LogP contribution in [0.5, 0.6) is 11.5 Å². The minimum absolute atomic E-state index is 0.123. The molecule has 0 aliphatic heterocycles.